The van der Waals surface area contributed by atoms with Crippen LogP contribution in [0.4, 0.5) is 5.69 Å². The van der Waals surface area contributed by atoms with E-state index in [0.717, 1.165) is 5.56 Å². The second kappa shape index (κ2) is 8.18. The average Bonchev–Trinajstić information content (AvgIpc) is 2.59. The van der Waals surface area contributed by atoms with Crippen molar-refractivity contribution in [2.45, 2.75) is 37.6 Å². The molecule has 2 N–H and O–H groups in total. The Bertz CT molecular complexity index is 831. The third kappa shape index (κ3) is 5.54. The molecule has 1 unspecified atom stereocenters. The first-order valence-corrected chi connectivity index (χ1v) is 9.58. The van der Waals surface area contributed by atoms with Crippen molar-refractivity contribution in [3.8, 4) is 0 Å². The van der Waals surface area contributed by atoms with Crippen molar-refractivity contribution in [2.24, 2.45) is 0 Å². The summed E-state index contributed by atoms with van der Waals surface area (Å²) in [6.07, 6.45) is -0.673. The Hall–Kier alpha value is -1.93. The quantitative estimate of drug-likeness (QED) is 0.429. The van der Waals surface area contributed by atoms with Crippen molar-refractivity contribution in [1.82, 2.24) is 0 Å². The van der Waals surface area contributed by atoms with Crippen molar-refractivity contribution in [1.29, 1.82) is 0 Å². The van der Waals surface area contributed by atoms with Gasteiger partial charge < -0.3 is 15.2 Å². The van der Waals surface area contributed by atoms with Crippen LogP contribution in [0.3, 0.4) is 0 Å². The summed E-state index contributed by atoms with van der Waals surface area (Å²) in [5.74, 6) is -0.924. The van der Waals surface area contributed by atoms with E-state index >= 15 is 0 Å². The van der Waals surface area contributed by atoms with Gasteiger partial charge in [0.05, 0.1) is 11.5 Å². The molecule has 0 aliphatic heterocycles. The summed E-state index contributed by atoms with van der Waals surface area (Å²) in [5.41, 5.74) is 8.05. The minimum Gasteiger partial charge on any atom is -0.399 e. The molecule has 0 radical (unpaired) electrons. The molecule has 0 saturated heterocycles. The van der Waals surface area contributed by atoms with Crippen LogP contribution in [-0.2, 0) is 23.8 Å². The van der Waals surface area contributed by atoms with E-state index in [1.54, 1.807) is 50.2 Å². The van der Waals surface area contributed by atoms with Crippen LogP contribution < -0.4 is 5.73 Å². The Morgan fingerprint density at radius 3 is 2.35 bits per heavy atom. The van der Waals surface area contributed by atoms with Crippen LogP contribution in [0.5, 0.6) is 0 Å². The molecule has 26 heavy (non-hydrogen) atoms. The summed E-state index contributed by atoms with van der Waals surface area (Å²) < 4.78 is 41.4. The molecule has 6 nitrogen and oxygen atoms in total. The highest BCUT2D eigenvalue weighted by Gasteiger charge is 2.27. The van der Waals surface area contributed by atoms with Gasteiger partial charge in [-0.1, -0.05) is 29.8 Å². The van der Waals surface area contributed by atoms with Gasteiger partial charge in [0.15, 0.2) is 5.79 Å². The fourth-order valence-electron chi connectivity index (χ4n) is 2.27. The lowest BCUT2D eigenvalue weighted by Gasteiger charge is -2.29. The van der Waals surface area contributed by atoms with E-state index in [-0.39, 0.29) is 11.5 Å². The third-order valence-electron chi connectivity index (χ3n) is 3.88. The lowest BCUT2D eigenvalue weighted by Crippen LogP contribution is -2.31. The maximum absolute atomic E-state index is 12.4. The summed E-state index contributed by atoms with van der Waals surface area (Å²) in [6, 6.07) is 13.5. The number of ether oxygens (including phenoxy) is 2. The highest BCUT2D eigenvalue weighted by atomic mass is 32.2. The second-order valence-electron chi connectivity index (χ2n) is 6.43. The monoisotopic (exact) mass is 379 g/mol. The number of aryl methyl sites for hydroxylation is 1. The van der Waals surface area contributed by atoms with Crippen molar-refractivity contribution in [3.05, 3.63) is 59.7 Å². The molecule has 2 aromatic rings. The number of rotatable bonds is 8. The zero-order chi connectivity index (χ0) is 19.4. The maximum Gasteiger partial charge on any atom is 0.297 e. The molecule has 0 aromatic heterocycles. The molecule has 1 atom stereocenters. The Labute approximate surface area is 155 Å². The van der Waals surface area contributed by atoms with E-state index in [0.29, 0.717) is 11.3 Å². The van der Waals surface area contributed by atoms with Crippen LogP contribution in [0.25, 0.3) is 0 Å². The molecule has 0 heterocycles. The van der Waals surface area contributed by atoms with Gasteiger partial charge in [-0.2, -0.15) is 8.42 Å². The van der Waals surface area contributed by atoms with Gasteiger partial charge in [0.2, 0.25) is 0 Å². The number of hydrogen-bond donors (Lipinski definition) is 1. The van der Waals surface area contributed by atoms with Crippen LogP contribution in [0.2, 0.25) is 0 Å². The molecule has 0 aliphatic rings. The lowest BCUT2D eigenvalue weighted by molar-refractivity contribution is -0.230. The molecule has 2 rings (SSSR count). The molecule has 2 aromatic carbocycles. The predicted octanol–water partition coefficient (Wildman–Crippen LogP) is 3.42. The van der Waals surface area contributed by atoms with Crippen molar-refractivity contribution in [2.75, 3.05) is 19.5 Å². The molecule has 0 fully saturated rings. The molecular weight excluding hydrogens is 354 g/mol. The molecule has 142 valence electrons. The predicted molar refractivity (Wildman–Crippen MR) is 100 cm³/mol. The molecule has 0 bridgehead atoms. The van der Waals surface area contributed by atoms with Crippen LogP contribution >= 0.6 is 0 Å². The van der Waals surface area contributed by atoms with Gasteiger partial charge in [-0.05, 0) is 50.6 Å². The standard InChI is InChI=1S/C19H25NO5S/c1-14-8-10-17(11-9-14)26(21,22)24-13-18(25-19(2,3)23-4)15-6-5-7-16(20)12-15/h5-12,18H,13,20H2,1-4H3. The summed E-state index contributed by atoms with van der Waals surface area (Å²) in [7, 11) is -2.39. The van der Waals surface area contributed by atoms with Crippen molar-refractivity contribution < 1.29 is 22.1 Å². The van der Waals surface area contributed by atoms with Crippen LogP contribution in [0.15, 0.2) is 53.4 Å². The zero-order valence-corrected chi connectivity index (χ0v) is 16.2. The summed E-state index contributed by atoms with van der Waals surface area (Å²) in [5, 5.41) is 0. The molecule has 0 aliphatic carbocycles. The van der Waals surface area contributed by atoms with E-state index in [1.807, 2.05) is 6.92 Å². The first kappa shape index (κ1) is 20.4. The Kier molecular flexibility index (Phi) is 6.41. The zero-order valence-electron chi connectivity index (χ0n) is 15.4. The first-order valence-electron chi connectivity index (χ1n) is 8.17. The first-order chi connectivity index (χ1) is 12.1. The van der Waals surface area contributed by atoms with Gasteiger partial charge in [-0.3, -0.25) is 4.18 Å². The largest absolute Gasteiger partial charge is 0.399 e. The Morgan fingerprint density at radius 2 is 1.77 bits per heavy atom. The number of nitrogen functional groups attached to an aromatic ring is 1. The van der Waals surface area contributed by atoms with Crippen molar-refractivity contribution >= 4 is 15.8 Å². The molecule has 0 spiro atoms. The molecule has 0 saturated carbocycles. The van der Waals surface area contributed by atoms with E-state index in [9.17, 15) is 8.42 Å². The number of methoxy groups -OCH3 is 1. The lowest BCUT2D eigenvalue weighted by atomic mass is 10.1. The highest BCUT2D eigenvalue weighted by Crippen LogP contribution is 2.27. The van der Waals surface area contributed by atoms with Gasteiger partial charge in [-0.25, -0.2) is 0 Å². The molecule has 7 heteroatoms. The molecule has 0 amide bonds. The van der Waals surface area contributed by atoms with E-state index in [2.05, 4.69) is 0 Å². The minimum atomic E-state index is -3.90. The highest BCUT2D eigenvalue weighted by molar-refractivity contribution is 7.86. The fraction of sp³-hybridized carbons (Fsp3) is 0.368. The van der Waals surface area contributed by atoms with Gasteiger partial charge >= 0.3 is 0 Å². The van der Waals surface area contributed by atoms with Crippen molar-refractivity contribution in [3.63, 3.8) is 0 Å². The summed E-state index contributed by atoms with van der Waals surface area (Å²) in [6.45, 7) is 5.15. The minimum absolute atomic E-state index is 0.0976. The number of benzene rings is 2. The number of anilines is 1. The second-order valence-corrected chi connectivity index (χ2v) is 8.05. The summed E-state index contributed by atoms with van der Waals surface area (Å²) in [4.78, 5) is 0.0976. The van der Waals surface area contributed by atoms with E-state index in [4.69, 9.17) is 19.4 Å². The van der Waals surface area contributed by atoms with Crippen LogP contribution in [-0.4, -0.2) is 27.9 Å². The average molecular weight is 379 g/mol. The van der Waals surface area contributed by atoms with Gasteiger partial charge in [-0.15, -0.1) is 0 Å². The maximum atomic E-state index is 12.4. The van der Waals surface area contributed by atoms with Crippen LogP contribution in [0.1, 0.15) is 31.1 Å². The Balaban J connectivity index is 2.22. The van der Waals surface area contributed by atoms with E-state index < -0.39 is 22.0 Å². The van der Waals surface area contributed by atoms with Gasteiger partial charge in [0, 0.05) is 12.8 Å². The number of hydrogen-bond acceptors (Lipinski definition) is 6. The number of nitrogens with two attached hydrogens (primary N) is 1. The van der Waals surface area contributed by atoms with Crippen LogP contribution in [0, 0.1) is 6.92 Å². The molecular formula is C19H25NO5S. The van der Waals surface area contributed by atoms with Gasteiger partial charge in [0.25, 0.3) is 10.1 Å². The Morgan fingerprint density at radius 1 is 1.12 bits per heavy atom. The smallest absolute Gasteiger partial charge is 0.297 e. The topological polar surface area (TPSA) is 87.9 Å². The normalized spacial score (nSPS) is 13.5. The summed E-state index contributed by atoms with van der Waals surface area (Å²) >= 11 is 0. The van der Waals surface area contributed by atoms with E-state index in [1.165, 1.54) is 19.2 Å². The fourth-order valence-corrected chi connectivity index (χ4v) is 3.18. The van der Waals surface area contributed by atoms with Gasteiger partial charge in [0.1, 0.15) is 6.10 Å². The SMILES string of the molecule is COC(C)(C)OC(COS(=O)(=O)c1ccc(C)cc1)c1cccc(N)c1. The third-order valence-corrected chi connectivity index (χ3v) is 5.18.